The number of ether oxygens (including phenoxy) is 1. The number of aliphatic imine (C=N–C) groups is 1. The summed E-state index contributed by atoms with van der Waals surface area (Å²) in [7, 11) is 2.11. The van der Waals surface area contributed by atoms with Gasteiger partial charge in [0, 0.05) is 38.1 Å². The van der Waals surface area contributed by atoms with Gasteiger partial charge in [-0.15, -0.1) is 35.3 Å². The van der Waals surface area contributed by atoms with Crippen molar-refractivity contribution in [2.75, 3.05) is 53.0 Å². The van der Waals surface area contributed by atoms with E-state index in [9.17, 15) is 0 Å². The molecule has 1 fully saturated rings. The minimum atomic E-state index is 0. The van der Waals surface area contributed by atoms with Crippen molar-refractivity contribution in [3.05, 3.63) is 46.0 Å². The van der Waals surface area contributed by atoms with Crippen LogP contribution in [-0.2, 0) is 11.2 Å². The van der Waals surface area contributed by atoms with Crippen LogP contribution < -0.4 is 5.32 Å². The van der Waals surface area contributed by atoms with Crippen LogP contribution in [0.5, 0.6) is 0 Å². The van der Waals surface area contributed by atoms with Crippen LogP contribution >= 0.6 is 35.3 Å². The monoisotopic (exact) mass is 532 g/mol. The first-order valence-corrected chi connectivity index (χ1v) is 10.9. The number of hydrogen-bond acceptors (Lipinski definition) is 5. The number of rotatable bonds is 8. The maximum atomic E-state index is 5.96. The van der Waals surface area contributed by atoms with Crippen molar-refractivity contribution in [2.24, 2.45) is 4.99 Å². The lowest BCUT2D eigenvalue weighted by atomic mass is 10.1. The quantitative estimate of drug-likeness (QED) is 0.319. The molecule has 0 saturated carbocycles. The number of halogens is 1. The lowest BCUT2D eigenvalue weighted by Gasteiger charge is -2.33. The van der Waals surface area contributed by atoms with Gasteiger partial charge in [0.2, 0.25) is 0 Å². The molecule has 3 rings (SSSR count). The van der Waals surface area contributed by atoms with Crippen molar-refractivity contribution < 1.29 is 9.15 Å². The van der Waals surface area contributed by atoms with E-state index in [2.05, 4.69) is 52.7 Å². The van der Waals surface area contributed by atoms with Gasteiger partial charge in [0.05, 0.1) is 25.8 Å². The lowest BCUT2D eigenvalue weighted by molar-refractivity contribution is 0.0135. The first-order chi connectivity index (χ1) is 13.7. The Bertz CT molecular complexity index is 729. The number of nitrogens with zero attached hydrogens (tertiary/aromatic N) is 3. The molecule has 1 aliphatic rings. The number of aryl methyl sites for hydroxylation is 1. The summed E-state index contributed by atoms with van der Waals surface area (Å²) in [6.07, 6.45) is 1.03. The minimum absolute atomic E-state index is 0. The molecule has 29 heavy (non-hydrogen) atoms. The number of thiophene rings is 1. The van der Waals surface area contributed by atoms with E-state index in [1.165, 1.54) is 4.88 Å². The van der Waals surface area contributed by atoms with E-state index < -0.39 is 0 Å². The zero-order valence-electron chi connectivity index (χ0n) is 17.6. The highest BCUT2D eigenvalue weighted by atomic mass is 127. The zero-order chi connectivity index (χ0) is 19.8. The second kappa shape index (κ2) is 12.6. The first-order valence-electron chi connectivity index (χ1n) is 10.1. The highest BCUT2D eigenvalue weighted by Crippen LogP contribution is 2.24. The molecule has 3 heterocycles. The average Bonchev–Trinajstić information content (AvgIpc) is 3.38. The van der Waals surface area contributed by atoms with Gasteiger partial charge in [-0.2, -0.15) is 0 Å². The Kier molecular flexibility index (Phi) is 10.5. The number of nitrogens with one attached hydrogen (secondary N) is 1. The molecule has 8 heteroatoms. The van der Waals surface area contributed by atoms with Crippen LogP contribution in [0.25, 0.3) is 0 Å². The fraction of sp³-hybridized carbons (Fsp3) is 0.571. The van der Waals surface area contributed by atoms with E-state index in [1.807, 2.05) is 24.3 Å². The molecule has 1 atom stereocenters. The van der Waals surface area contributed by atoms with Crippen molar-refractivity contribution in [3.63, 3.8) is 0 Å². The van der Waals surface area contributed by atoms with Gasteiger partial charge < -0.3 is 19.4 Å². The highest BCUT2D eigenvalue weighted by Gasteiger charge is 2.25. The van der Waals surface area contributed by atoms with Crippen molar-refractivity contribution in [3.8, 4) is 0 Å². The summed E-state index contributed by atoms with van der Waals surface area (Å²) in [5, 5.41) is 5.56. The van der Waals surface area contributed by atoms with Crippen molar-refractivity contribution >= 4 is 41.3 Å². The largest absolute Gasteiger partial charge is 0.465 e. The highest BCUT2D eigenvalue weighted by molar-refractivity contribution is 14.0. The van der Waals surface area contributed by atoms with Crippen molar-refractivity contribution in [1.29, 1.82) is 0 Å². The molecule has 2 aromatic heterocycles. The molecule has 0 amide bonds. The lowest BCUT2D eigenvalue weighted by Crippen LogP contribution is -2.42. The van der Waals surface area contributed by atoms with Crippen LogP contribution in [-0.4, -0.2) is 68.7 Å². The molecule has 2 aromatic rings. The Hall–Kier alpha value is -1.10. The average molecular weight is 532 g/mol. The van der Waals surface area contributed by atoms with E-state index in [-0.39, 0.29) is 30.0 Å². The molecule has 0 radical (unpaired) electrons. The van der Waals surface area contributed by atoms with Crippen LogP contribution in [0.1, 0.15) is 29.4 Å². The third-order valence-electron chi connectivity index (χ3n) is 4.96. The summed E-state index contributed by atoms with van der Waals surface area (Å²) in [6.45, 7) is 9.90. The Morgan fingerprint density at radius 3 is 2.72 bits per heavy atom. The summed E-state index contributed by atoms with van der Waals surface area (Å²) >= 11 is 1.81. The van der Waals surface area contributed by atoms with Gasteiger partial charge in [-0.1, -0.05) is 6.07 Å². The van der Waals surface area contributed by atoms with E-state index in [4.69, 9.17) is 14.1 Å². The predicted octanol–water partition coefficient (Wildman–Crippen LogP) is 3.78. The van der Waals surface area contributed by atoms with Gasteiger partial charge >= 0.3 is 0 Å². The molecule has 1 saturated heterocycles. The predicted molar refractivity (Wildman–Crippen MR) is 131 cm³/mol. The Morgan fingerprint density at radius 1 is 1.31 bits per heavy atom. The standard InChI is InChI=1S/C21H32N4O2S.HI/c1-4-22-21(24(3)10-9-18-6-5-15-28-18)23-16-19(20-8-7-17(2)27-20)25-11-13-26-14-12-25;/h5-8,15,19H,4,9-14,16H2,1-3H3,(H,22,23);1H. The summed E-state index contributed by atoms with van der Waals surface area (Å²) < 4.78 is 11.5. The van der Waals surface area contributed by atoms with Gasteiger partial charge in [-0.3, -0.25) is 9.89 Å². The second-order valence-corrected chi connectivity index (χ2v) is 8.09. The maximum Gasteiger partial charge on any atom is 0.193 e. The van der Waals surface area contributed by atoms with Crippen LogP contribution in [0.2, 0.25) is 0 Å². The number of furan rings is 1. The third kappa shape index (κ3) is 7.27. The normalized spacial score (nSPS) is 16.3. The fourth-order valence-corrected chi connectivity index (χ4v) is 4.09. The van der Waals surface area contributed by atoms with E-state index in [0.29, 0.717) is 6.54 Å². The second-order valence-electron chi connectivity index (χ2n) is 7.06. The van der Waals surface area contributed by atoms with Gasteiger partial charge in [-0.25, -0.2) is 0 Å². The van der Waals surface area contributed by atoms with Gasteiger partial charge in [0.1, 0.15) is 11.5 Å². The molecule has 6 nitrogen and oxygen atoms in total. The zero-order valence-corrected chi connectivity index (χ0v) is 20.7. The molecular formula is C21H33IN4O2S. The topological polar surface area (TPSA) is 53.2 Å². The first kappa shape index (κ1) is 24.2. The Morgan fingerprint density at radius 2 is 2.10 bits per heavy atom. The van der Waals surface area contributed by atoms with Gasteiger partial charge in [0.25, 0.3) is 0 Å². The molecule has 0 aliphatic carbocycles. The number of hydrogen-bond donors (Lipinski definition) is 1. The summed E-state index contributed by atoms with van der Waals surface area (Å²) in [4.78, 5) is 11.0. The van der Waals surface area contributed by atoms with Crippen LogP contribution in [0, 0.1) is 6.92 Å². The molecule has 1 unspecified atom stereocenters. The van der Waals surface area contributed by atoms with Crippen LogP contribution in [0.3, 0.4) is 0 Å². The number of morpholine rings is 1. The SMILES string of the molecule is CCNC(=NCC(c1ccc(C)o1)N1CCOCC1)N(C)CCc1cccs1.I. The molecule has 1 aliphatic heterocycles. The molecule has 162 valence electrons. The number of guanidine groups is 1. The summed E-state index contributed by atoms with van der Waals surface area (Å²) in [5.41, 5.74) is 0. The van der Waals surface area contributed by atoms with Gasteiger partial charge in [0.15, 0.2) is 5.96 Å². The molecule has 0 bridgehead atoms. The third-order valence-corrected chi connectivity index (χ3v) is 5.90. The number of likely N-dealkylation sites (N-methyl/N-ethyl adjacent to an activating group) is 1. The van der Waals surface area contributed by atoms with Crippen molar-refractivity contribution in [2.45, 2.75) is 26.3 Å². The van der Waals surface area contributed by atoms with E-state index in [0.717, 1.165) is 63.3 Å². The summed E-state index contributed by atoms with van der Waals surface area (Å²) in [6, 6.07) is 8.55. The molecule has 0 spiro atoms. The molecular weight excluding hydrogens is 499 g/mol. The Labute approximate surface area is 195 Å². The van der Waals surface area contributed by atoms with Crippen LogP contribution in [0.15, 0.2) is 39.1 Å². The van der Waals surface area contributed by atoms with E-state index >= 15 is 0 Å². The van der Waals surface area contributed by atoms with Crippen LogP contribution in [0.4, 0.5) is 0 Å². The molecule has 1 N–H and O–H groups in total. The van der Waals surface area contributed by atoms with Crippen molar-refractivity contribution in [1.82, 2.24) is 15.1 Å². The van der Waals surface area contributed by atoms with Gasteiger partial charge in [-0.05, 0) is 43.8 Å². The summed E-state index contributed by atoms with van der Waals surface area (Å²) in [5.74, 6) is 2.87. The fourth-order valence-electron chi connectivity index (χ4n) is 3.39. The molecule has 0 aromatic carbocycles. The minimum Gasteiger partial charge on any atom is -0.465 e. The van der Waals surface area contributed by atoms with E-state index in [1.54, 1.807) is 0 Å². The Balaban J connectivity index is 0.00000300. The maximum absolute atomic E-state index is 5.96. The smallest absolute Gasteiger partial charge is 0.193 e.